The van der Waals surface area contributed by atoms with Crippen molar-refractivity contribution in [3.63, 3.8) is 0 Å². The molecule has 2 aromatic rings. The van der Waals surface area contributed by atoms with Crippen molar-refractivity contribution in [2.24, 2.45) is 5.73 Å². The number of halogens is 4. The molecule has 0 spiro atoms. The van der Waals surface area contributed by atoms with E-state index in [1.807, 2.05) is 0 Å². The molecule has 0 saturated carbocycles. The molecular formula is C15H13F4NO. The van der Waals surface area contributed by atoms with E-state index in [-0.39, 0.29) is 18.9 Å². The third-order valence-electron chi connectivity index (χ3n) is 2.96. The van der Waals surface area contributed by atoms with Crippen LogP contribution in [0.25, 0.3) is 0 Å². The largest absolute Gasteiger partial charge is 0.489 e. The van der Waals surface area contributed by atoms with Crippen molar-refractivity contribution in [3.8, 4) is 5.75 Å². The maximum atomic E-state index is 13.2. The van der Waals surface area contributed by atoms with Gasteiger partial charge >= 0.3 is 6.18 Å². The van der Waals surface area contributed by atoms with Crippen LogP contribution in [0.2, 0.25) is 0 Å². The van der Waals surface area contributed by atoms with Gasteiger partial charge in [0.2, 0.25) is 0 Å². The van der Waals surface area contributed by atoms with Gasteiger partial charge in [-0.2, -0.15) is 13.2 Å². The first-order valence-electron chi connectivity index (χ1n) is 6.17. The van der Waals surface area contributed by atoms with Crippen LogP contribution in [0.1, 0.15) is 16.7 Å². The summed E-state index contributed by atoms with van der Waals surface area (Å²) < 4.78 is 55.8. The molecule has 0 heterocycles. The van der Waals surface area contributed by atoms with Crippen molar-refractivity contribution >= 4 is 0 Å². The molecular weight excluding hydrogens is 286 g/mol. The topological polar surface area (TPSA) is 35.2 Å². The molecule has 0 radical (unpaired) electrons. The molecule has 0 bridgehead atoms. The third kappa shape index (κ3) is 3.95. The minimum absolute atomic E-state index is 0.0374. The normalized spacial score (nSPS) is 11.5. The first kappa shape index (κ1) is 15.3. The van der Waals surface area contributed by atoms with Crippen molar-refractivity contribution in [2.75, 3.05) is 0 Å². The Morgan fingerprint density at radius 2 is 1.62 bits per heavy atom. The highest BCUT2D eigenvalue weighted by Gasteiger charge is 2.29. The van der Waals surface area contributed by atoms with Crippen LogP contribution in [0.15, 0.2) is 42.5 Å². The molecule has 112 valence electrons. The molecule has 2 rings (SSSR count). The van der Waals surface area contributed by atoms with Gasteiger partial charge in [0.05, 0.1) is 5.56 Å². The summed E-state index contributed by atoms with van der Waals surface area (Å²) in [5.41, 5.74) is 6.08. The van der Waals surface area contributed by atoms with Gasteiger partial charge in [-0.25, -0.2) is 4.39 Å². The van der Waals surface area contributed by atoms with Crippen LogP contribution in [0, 0.1) is 5.82 Å². The summed E-state index contributed by atoms with van der Waals surface area (Å²) in [6.07, 6.45) is -4.38. The standard InChI is InChI=1S/C15H13F4NO/c16-13-4-1-10(8-20)11(7-13)9-21-14-5-2-12(3-6-14)15(17,18)19/h1-7H,8-9,20H2. The summed E-state index contributed by atoms with van der Waals surface area (Å²) in [7, 11) is 0. The number of alkyl halides is 3. The molecule has 0 atom stereocenters. The highest BCUT2D eigenvalue weighted by molar-refractivity contribution is 5.31. The van der Waals surface area contributed by atoms with Gasteiger partial charge in [0.25, 0.3) is 0 Å². The number of rotatable bonds is 4. The van der Waals surface area contributed by atoms with Crippen molar-refractivity contribution in [1.29, 1.82) is 0 Å². The van der Waals surface area contributed by atoms with Gasteiger partial charge in [0.15, 0.2) is 0 Å². The Labute approximate surface area is 119 Å². The summed E-state index contributed by atoms with van der Waals surface area (Å²) in [6, 6.07) is 8.47. The molecule has 2 nitrogen and oxygen atoms in total. The van der Waals surface area contributed by atoms with E-state index in [0.29, 0.717) is 5.56 Å². The Morgan fingerprint density at radius 1 is 0.952 bits per heavy atom. The van der Waals surface area contributed by atoms with Crippen LogP contribution in [-0.4, -0.2) is 0 Å². The van der Waals surface area contributed by atoms with Gasteiger partial charge < -0.3 is 10.5 Å². The first-order chi connectivity index (χ1) is 9.90. The maximum Gasteiger partial charge on any atom is 0.416 e. The third-order valence-corrected chi connectivity index (χ3v) is 2.96. The lowest BCUT2D eigenvalue weighted by Gasteiger charge is -2.11. The average Bonchev–Trinajstić information content (AvgIpc) is 2.45. The average molecular weight is 299 g/mol. The van der Waals surface area contributed by atoms with Gasteiger partial charge in [-0.3, -0.25) is 0 Å². The highest BCUT2D eigenvalue weighted by Crippen LogP contribution is 2.30. The number of ether oxygens (including phenoxy) is 1. The van der Waals surface area contributed by atoms with E-state index in [4.69, 9.17) is 10.5 Å². The van der Waals surface area contributed by atoms with E-state index in [1.165, 1.54) is 24.3 Å². The summed E-state index contributed by atoms with van der Waals surface area (Å²) in [4.78, 5) is 0. The van der Waals surface area contributed by atoms with Crippen LogP contribution in [-0.2, 0) is 19.3 Å². The first-order valence-corrected chi connectivity index (χ1v) is 6.17. The zero-order valence-electron chi connectivity index (χ0n) is 11.0. The van der Waals surface area contributed by atoms with E-state index in [1.54, 1.807) is 6.07 Å². The predicted molar refractivity (Wildman–Crippen MR) is 70.1 cm³/mol. The predicted octanol–water partition coefficient (Wildman–Crippen LogP) is 3.88. The smallest absolute Gasteiger partial charge is 0.416 e. The van der Waals surface area contributed by atoms with Gasteiger partial charge in [-0.05, 0) is 47.5 Å². The zero-order chi connectivity index (χ0) is 15.5. The quantitative estimate of drug-likeness (QED) is 0.870. The van der Waals surface area contributed by atoms with Gasteiger partial charge in [-0.1, -0.05) is 6.07 Å². The van der Waals surface area contributed by atoms with Crippen molar-refractivity contribution in [1.82, 2.24) is 0 Å². The van der Waals surface area contributed by atoms with Gasteiger partial charge in [-0.15, -0.1) is 0 Å². The summed E-state index contributed by atoms with van der Waals surface area (Å²) in [5.74, 6) is -0.145. The Balaban J connectivity index is 2.08. The molecule has 21 heavy (non-hydrogen) atoms. The van der Waals surface area contributed by atoms with Crippen LogP contribution in [0.4, 0.5) is 17.6 Å². The van der Waals surface area contributed by atoms with Gasteiger partial charge in [0.1, 0.15) is 18.2 Å². The van der Waals surface area contributed by atoms with E-state index >= 15 is 0 Å². The molecule has 0 fully saturated rings. The number of hydrogen-bond acceptors (Lipinski definition) is 2. The minimum Gasteiger partial charge on any atom is -0.489 e. The fourth-order valence-corrected chi connectivity index (χ4v) is 1.83. The molecule has 0 saturated heterocycles. The Bertz CT molecular complexity index is 608. The second-order valence-corrected chi connectivity index (χ2v) is 4.43. The number of hydrogen-bond donors (Lipinski definition) is 1. The summed E-state index contributed by atoms with van der Waals surface area (Å²) in [6.45, 7) is 0.266. The SMILES string of the molecule is NCc1ccc(F)cc1COc1ccc(C(F)(F)F)cc1. The van der Waals surface area contributed by atoms with Crippen LogP contribution in [0.3, 0.4) is 0 Å². The fraction of sp³-hybridized carbons (Fsp3) is 0.200. The molecule has 0 unspecified atom stereocenters. The van der Waals surface area contributed by atoms with E-state index < -0.39 is 17.6 Å². The van der Waals surface area contributed by atoms with Crippen LogP contribution in [0.5, 0.6) is 5.75 Å². The Morgan fingerprint density at radius 3 is 2.19 bits per heavy atom. The number of benzene rings is 2. The monoisotopic (exact) mass is 299 g/mol. The van der Waals surface area contributed by atoms with E-state index in [0.717, 1.165) is 17.7 Å². The Hall–Kier alpha value is -2.08. The summed E-state index contributed by atoms with van der Waals surface area (Å²) >= 11 is 0. The minimum atomic E-state index is -4.38. The van der Waals surface area contributed by atoms with Crippen molar-refractivity contribution < 1.29 is 22.3 Å². The lowest BCUT2D eigenvalue weighted by molar-refractivity contribution is -0.137. The van der Waals surface area contributed by atoms with E-state index in [9.17, 15) is 17.6 Å². The van der Waals surface area contributed by atoms with Crippen LogP contribution < -0.4 is 10.5 Å². The van der Waals surface area contributed by atoms with Crippen LogP contribution >= 0.6 is 0 Å². The second-order valence-electron chi connectivity index (χ2n) is 4.43. The lowest BCUT2D eigenvalue weighted by Crippen LogP contribution is -2.06. The molecule has 0 aliphatic heterocycles. The molecule has 2 N–H and O–H groups in total. The van der Waals surface area contributed by atoms with E-state index in [2.05, 4.69) is 0 Å². The molecule has 2 aromatic carbocycles. The van der Waals surface area contributed by atoms with Gasteiger partial charge in [0, 0.05) is 6.54 Å². The Kier molecular flexibility index (Phi) is 4.47. The maximum absolute atomic E-state index is 13.2. The fourth-order valence-electron chi connectivity index (χ4n) is 1.83. The molecule has 0 aliphatic carbocycles. The lowest BCUT2D eigenvalue weighted by atomic mass is 10.1. The molecule has 0 aliphatic rings. The number of nitrogens with two attached hydrogens (primary N) is 1. The molecule has 6 heteroatoms. The van der Waals surface area contributed by atoms with Crippen molar-refractivity contribution in [2.45, 2.75) is 19.3 Å². The zero-order valence-corrected chi connectivity index (χ0v) is 11.0. The second kappa shape index (κ2) is 6.13. The highest BCUT2D eigenvalue weighted by atomic mass is 19.4. The molecule has 0 amide bonds. The van der Waals surface area contributed by atoms with Crippen molar-refractivity contribution in [3.05, 3.63) is 65.0 Å². The summed E-state index contributed by atoms with van der Waals surface area (Å²) in [5, 5.41) is 0. The molecule has 0 aromatic heterocycles.